The van der Waals surface area contributed by atoms with Gasteiger partial charge in [-0.15, -0.1) is 6.58 Å². The molecule has 0 spiro atoms. The van der Waals surface area contributed by atoms with Crippen LogP contribution in [0, 0.1) is 5.41 Å². The summed E-state index contributed by atoms with van der Waals surface area (Å²) in [6.07, 6.45) is 0.468. The van der Waals surface area contributed by atoms with E-state index < -0.39 is 46.0 Å². The largest absolute Gasteiger partial charge is 0.481 e. The van der Waals surface area contributed by atoms with Gasteiger partial charge in [0.25, 0.3) is 0 Å². The Morgan fingerprint density at radius 1 is 1.14 bits per heavy atom. The van der Waals surface area contributed by atoms with Crippen molar-refractivity contribution in [3.63, 3.8) is 0 Å². The van der Waals surface area contributed by atoms with E-state index >= 15 is 0 Å². The summed E-state index contributed by atoms with van der Waals surface area (Å²) in [5.41, 5.74) is -5.22. The third-order valence-corrected chi connectivity index (χ3v) is 4.53. The van der Waals surface area contributed by atoms with Crippen LogP contribution in [0.25, 0.3) is 0 Å². The summed E-state index contributed by atoms with van der Waals surface area (Å²) in [6, 6.07) is 0. The molecule has 0 aromatic rings. The maximum atomic E-state index is 13.4. The third kappa shape index (κ3) is 5.27. The van der Waals surface area contributed by atoms with Crippen LogP contribution in [-0.4, -0.2) is 63.7 Å². The van der Waals surface area contributed by atoms with Crippen LogP contribution in [0.2, 0.25) is 0 Å². The van der Waals surface area contributed by atoms with E-state index in [4.69, 9.17) is 4.74 Å². The monoisotopic (exact) mass is 411 g/mol. The molecular formula is C20H33N3O6. The Bertz CT molecular complexity index is 706. The highest BCUT2D eigenvalue weighted by atomic mass is 16.6. The Morgan fingerprint density at radius 3 is 2.07 bits per heavy atom. The number of amides is 3. The summed E-state index contributed by atoms with van der Waals surface area (Å²) in [7, 11) is 0. The smallest absolute Gasteiger partial charge is 0.410 e. The number of likely N-dealkylation sites (tertiary alicyclic amines) is 1. The molecule has 29 heavy (non-hydrogen) atoms. The number of nitrogens with one attached hydrogen (secondary N) is 2. The van der Waals surface area contributed by atoms with Gasteiger partial charge in [0.1, 0.15) is 11.0 Å². The number of ether oxygens (including phenoxy) is 1. The summed E-state index contributed by atoms with van der Waals surface area (Å²) in [5.74, 6) is -2.59. The van der Waals surface area contributed by atoms with Gasteiger partial charge in [-0.25, -0.2) is 4.79 Å². The molecule has 1 aliphatic heterocycles. The molecule has 0 bridgehead atoms. The average Bonchev–Trinajstić information content (AvgIpc) is 2.80. The molecule has 1 fully saturated rings. The highest BCUT2D eigenvalue weighted by molar-refractivity contribution is 5.99. The van der Waals surface area contributed by atoms with Crippen molar-refractivity contribution in [2.75, 3.05) is 13.1 Å². The van der Waals surface area contributed by atoms with Gasteiger partial charge in [-0.2, -0.15) is 0 Å². The first-order valence-electron chi connectivity index (χ1n) is 9.43. The van der Waals surface area contributed by atoms with Crippen LogP contribution in [0.15, 0.2) is 12.7 Å². The predicted molar refractivity (Wildman–Crippen MR) is 107 cm³/mol. The molecule has 164 valence electrons. The standard InChI is InChI=1S/C20H33N3O6/c1-9-10-19(15(26)27)11-23(16(28)29-18(6,7)8)12-20(19,21-13(2)24)14(25)22-17(3,4)5/h9H,1,10-12H2,2-8H3,(H,21,24)(H,22,25)(H,26,27). The summed E-state index contributed by atoms with van der Waals surface area (Å²) >= 11 is 0. The fourth-order valence-corrected chi connectivity index (χ4v) is 3.49. The van der Waals surface area contributed by atoms with E-state index in [0.29, 0.717) is 0 Å². The zero-order valence-electron chi connectivity index (χ0n) is 18.3. The average molecular weight is 411 g/mol. The van der Waals surface area contributed by atoms with Gasteiger partial charge in [0.05, 0.1) is 6.54 Å². The Hall–Kier alpha value is -2.58. The van der Waals surface area contributed by atoms with E-state index in [9.17, 15) is 24.3 Å². The maximum absolute atomic E-state index is 13.4. The van der Waals surface area contributed by atoms with Gasteiger partial charge >= 0.3 is 12.1 Å². The number of carboxylic acid groups (broad SMARTS) is 1. The van der Waals surface area contributed by atoms with Crippen LogP contribution in [0.3, 0.4) is 0 Å². The molecule has 1 saturated heterocycles. The molecule has 0 aliphatic carbocycles. The lowest BCUT2D eigenvalue weighted by molar-refractivity contribution is -0.158. The normalized spacial score (nSPS) is 24.6. The Morgan fingerprint density at radius 2 is 1.69 bits per heavy atom. The molecule has 9 heteroatoms. The van der Waals surface area contributed by atoms with E-state index in [2.05, 4.69) is 17.2 Å². The molecule has 2 unspecified atom stereocenters. The number of rotatable bonds is 5. The van der Waals surface area contributed by atoms with E-state index in [1.807, 2.05) is 0 Å². The summed E-state index contributed by atoms with van der Waals surface area (Å²) in [4.78, 5) is 51.7. The molecule has 2 atom stereocenters. The molecule has 3 amide bonds. The van der Waals surface area contributed by atoms with Crippen molar-refractivity contribution in [1.82, 2.24) is 15.5 Å². The van der Waals surface area contributed by atoms with Crippen molar-refractivity contribution in [2.24, 2.45) is 5.41 Å². The molecule has 1 rings (SSSR count). The SMILES string of the molecule is C=CCC1(C(=O)O)CN(C(=O)OC(C)(C)C)CC1(NC(C)=O)C(=O)NC(C)(C)C. The van der Waals surface area contributed by atoms with Crippen molar-refractivity contribution in [3.8, 4) is 0 Å². The first-order chi connectivity index (χ1) is 13.0. The van der Waals surface area contributed by atoms with Crippen molar-refractivity contribution in [2.45, 2.75) is 71.6 Å². The van der Waals surface area contributed by atoms with E-state index in [1.54, 1.807) is 41.5 Å². The predicted octanol–water partition coefficient (Wildman–Crippen LogP) is 1.67. The lowest BCUT2D eigenvalue weighted by Gasteiger charge is -2.41. The number of carboxylic acids is 1. The van der Waals surface area contributed by atoms with E-state index in [0.717, 1.165) is 4.90 Å². The quantitative estimate of drug-likeness (QED) is 0.591. The highest BCUT2D eigenvalue weighted by Crippen LogP contribution is 2.44. The first-order valence-corrected chi connectivity index (χ1v) is 9.43. The number of hydrogen-bond donors (Lipinski definition) is 3. The number of carbonyl (C=O) groups excluding carboxylic acids is 3. The molecule has 3 N–H and O–H groups in total. The zero-order valence-corrected chi connectivity index (χ0v) is 18.3. The molecule has 1 aliphatic rings. The minimum absolute atomic E-state index is 0.139. The van der Waals surface area contributed by atoms with Gasteiger partial charge in [-0.1, -0.05) is 6.08 Å². The second-order valence-electron chi connectivity index (χ2n) is 9.51. The van der Waals surface area contributed by atoms with Crippen molar-refractivity contribution in [3.05, 3.63) is 12.7 Å². The fraction of sp³-hybridized carbons (Fsp3) is 0.700. The second-order valence-corrected chi connectivity index (χ2v) is 9.51. The van der Waals surface area contributed by atoms with Crippen LogP contribution >= 0.6 is 0 Å². The number of aliphatic carboxylic acids is 1. The number of hydrogen-bond acceptors (Lipinski definition) is 5. The third-order valence-electron chi connectivity index (χ3n) is 4.53. The summed E-state index contributed by atoms with van der Waals surface area (Å²) in [5, 5.41) is 15.5. The summed E-state index contributed by atoms with van der Waals surface area (Å²) < 4.78 is 5.38. The molecule has 0 saturated carbocycles. The van der Waals surface area contributed by atoms with Crippen LogP contribution in [0.1, 0.15) is 54.9 Å². The molecule has 0 aromatic carbocycles. The lowest BCUT2D eigenvalue weighted by Crippen LogP contribution is -2.71. The van der Waals surface area contributed by atoms with Gasteiger partial charge < -0.3 is 25.4 Å². The first kappa shape index (κ1) is 24.5. The van der Waals surface area contributed by atoms with E-state index in [-0.39, 0.29) is 19.5 Å². The van der Waals surface area contributed by atoms with Crippen LogP contribution in [0.5, 0.6) is 0 Å². The Balaban J connectivity index is 3.61. The lowest BCUT2D eigenvalue weighted by atomic mass is 9.68. The van der Waals surface area contributed by atoms with Crippen molar-refractivity contribution in [1.29, 1.82) is 0 Å². The molecule has 0 aromatic heterocycles. The molecular weight excluding hydrogens is 378 g/mol. The topological polar surface area (TPSA) is 125 Å². The summed E-state index contributed by atoms with van der Waals surface area (Å²) in [6.45, 7) is 14.4. The minimum Gasteiger partial charge on any atom is -0.481 e. The van der Waals surface area contributed by atoms with Gasteiger partial charge in [0, 0.05) is 19.0 Å². The van der Waals surface area contributed by atoms with Crippen molar-refractivity contribution >= 4 is 23.9 Å². The minimum atomic E-state index is -1.90. The van der Waals surface area contributed by atoms with Gasteiger partial charge in [-0.3, -0.25) is 14.4 Å². The Kier molecular flexibility index (Phi) is 6.78. The fourth-order valence-electron chi connectivity index (χ4n) is 3.49. The van der Waals surface area contributed by atoms with Crippen LogP contribution in [0.4, 0.5) is 4.79 Å². The van der Waals surface area contributed by atoms with E-state index in [1.165, 1.54) is 13.0 Å². The molecule has 0 radical (unpaired) electrons. The maximum Gasteiger partial charge on any atom is 0.410 e. The highest BCUT2D eigenvalue weighted by Gasteiger charge is 2.68. The van der Waals surface area contributed by atoms with Crippen molar-refractivity contribution < 1.29 is 29.0 Å². The van der Waals surface area contributed by atoms with Gasteiger partial charge in [0.15, 0.2) is 5.54 Å². The zero-order chi connectivity index (χ0) is 22.8. The number of nitrogens with zero attached hydrogens (tertiary/aromatic N) is 1. The van der Waals surface area contributed by atoms with Gasteiger partial charge in [-0.05, 0) is 48.0 Å². The molecule has 1 heterocycles. The van der Waals surface area contributed by atoms with Crippen LogP contribution < -0.4 is 10.6 Å². The van der Waals surface area contributed by atoms with Crippen LogP contribution in [-0.2, 0) is 19.1 Å². The molecule has 9 nitrogen and oxygen atoms in total. The number of carbonyl (C=O) groups is 4. The van der Waals surface area contributed by atoms with Gasteiger partial charge in [0.2, 0.25) is 11.8 Å². The second kappa shape index (κ2) is 8.04. The Labute approximate surface area is 171 Å². The number of allylic oxidation sites excluding steroid dienone is 1.